The van der Waals surface area contributed by atoms with Gasteiger partial charge >= 0.3 is 0 Å². The first-order chi connectivity index (χ1) is 8.00. The first-order valence-electron chi connectivity index (χ1n) is 5.55. The average Bonchev–Trinajstić information content (AvgIpc) is 2.29. The Hall–Kier alpha value is -1.81. The van der Waals surface area contributed by atoms with Gasteiger partial charge in [0.05, 0.1) is 17.7 Å². The molecule has 4 nitrogen and oxygen atoms in total. The molecule has 0 saturated heterocycles. The summed E-state index contributed by atoms with van der Waals surface area (Å²) >= 11 is 0. The fourth-order valence-electron chi connectivity index (χ4n) is 1.60. The monoisotopic (exact) mass is 231 g/mol. The SMILES string of the molecule is CC(C)(CO)Nc1ccc2cc(N)ccc2n1. The summed E-state index contributed by atoms with van der Waals surface area (Å²) in [5.74, 6) is 0.751. The van der Waals surface area contributed by atoms with Crippen LogP contribution in [0.1, 0.15) is 13.8 Å². The van der Waals surface area contributed by atoms with Crippen LogP contribution in [0, 0.1) is 0 Å². The fourth-order valence-corrected chi connectivity index (χ4v) is 1.60. The number of nitrogens with zero attached hydrogens (tertiary/aromatic N) is 1. The number of aliphatic hydroxyl groups excluding tert-OH is 1. The molecule has 4 heteroatoms. The van der Waals surface area contributed by atoms with Crippen LogP contribution >= 0.6 is 0 Å². The Morgan fingerprint density at radius 3 is 2.76 bits per heavy atom. The van der Waals surface area contributed by atoms with E-state index in [1.807, 2.05) is 44.2 Å². The molecule has 0 spiro atoms. The zero-order valence-electron chi connectivity index (χ0n) is 10.1. The van der Waals surface area contributed by atoms with Crippen LogP contribution in [0.5, 0.6) is 0 Å². The summed E-state index contributed by atoms with van der Waals surface area (Å²) in [6.07, 6.45) is 0. The zero-order chi connectivity index (χ0) is 12.5. The Morgan fingerprint density at radius 2 is 2.06 bits per heavy atom. The maximum Gasteiger partial charge on any atom is 0.127 e. The molecule has 4 N–H and O–H groups in total. The summed E-state index contributed by atoms with van der Waals surface area (Å²) in [6, 6.07) is 9.47. The Balaban J connectivity index is 2.35. The molecule has 0 bridgehead atoms. The Bertz CT molecular complexity index is 537. The van der Waals surface area contributed by atoms with Crippen molar-refractivity contribution in [3.63, 3.8) is 0 Å². The first kappa shape index (κ1) is 11.7. The lowest BCUT2D eigenvalue weighted by molar-refractivity contribution is 0.234. The van der Waals surface area contributed by atoms with Crippen molar-refractivity contribution in [2.24, 2.45) is 0 Å². The topological polar surface area (TPSA) is 71.2 Å². The third-order valence-corrected chi connectivity index (χ3v) is 2.57. The smallest absolute Gasteiger partial charge is 0.127 e. The number of hydrogen-bond acceptors (Lipinski definition) is 4. The minimum atomic E-state index is -0.380. The molecule has 17 heavy (non-hydrogen) atoms. The van der Waals surface area contributed by atoms with Crippen LogP contribution in [-0.4, -0.2) is 22.2 Å². The Labute approximate surface area is 100 Å². The molecule has 0 aliphatic rings. The van der Waals surface area contributed by atoms with Crippen molar-refractivity contribution in [1.29, 1.82) is 0 Å². The number of rotatable bonds is 3. The molecule has 0 radical (unpaired) electrons. The van der Waals surface area contributed by atoms with Crippen LogP contribution in [0.15, 0.2) is 30.3 Å². The van der Waals surface area contributed by atoms with Crippen molar-refractivity contribution in [2.45, 2.75) is 19.4 Å². The summed E-state index contributed by atoms with van der Waals surface area (Å²) in [5, 5.41) is 13.4. The lowest BCUT2D eigenvalue weighted by Gasteiger charge is -2.24. The van der Waals surface area contributed by atoms with Crippen LogP contribution in [0.25, 0.3) is 10.9 Å². The van der Waals surface area contributed by atoms with Crippen molar-refractivity contribution in [3.8, 4) is 0 Å². The van der Waals surface area contributed by atoms with Crippen LogP contribution in [-0.2, 0) is 0 Å². The molecular weight excluding hydrogens is 214 g/mol. The van der Waals surface area contributed by atoms with Gasteiger partial charge in [-0.3, -0.25) is 0 Å². The highest BCUT2D eigenvalue weighted by Crippen LogP contribution is 2.19. The molecule has 1 aromatic heterocycles. The van der Waals surface area contributed by atoms with Crippen LogP contribution in [0.2, 0.25) is 0 Å². The van der Waals surface area contributed by atoms with Gasteiger partial charge in [-0.05, 0) is 44.2 Å². The lowest BCUT2D eigenvalue weighted by atomic mass is 10.1. The van der Waals surface area contributed by atoms with E-state index in [0.29, 0.717) is 0 Å². The molecule has 0 fully saturated rings. The summed E-state index contributed by atoms with van der Waals surface area (Å²) in [4.78, 5) is 4.47. The van der Waals surface area contributed by atoms with E-state index in [2.05, 4.69) is 10.3 Å². The van der Waals surface area contributed by atoms with E-state index in [-0.39, 0.29) is 12.1 Å². The highest BCUT2D eigenvalue weighted by Gasteiger charge is 2.16. The van der Waals surface area contributed by atoms with Gasteiger partial charge in [-0.1, -0.05) is 0 Å². The van der Waals surface area contributed by atoms with Gasteiger partial charge < -0.3 is 16.2 Å². The standard InChI is InChI=1S/C13H17N3O/c1-13(2,8-17)16-12-6-3-9-7-10(14)4-5-11(9)15-12/h3-7,17H,8,14H2,1-2H3,(H,15,16). The number of benzene rings is 1. The molecular formula is C13H17N3O. The quantitative estimate of drug-likeness (QED) is 0.706. The van der Waals surface area contributed by atoms with Gasteiger partial charge in [-0.25, -0.2) is 4.98 Å². The molecule has 0 unspecified atom stereocenters. The summed E-state index contributed by atoms with van der Waals surface area (Å²) in [7, 11) is 0. The van der Waals surface area contributed by atoms with Crippen molar-refractivity contribution in [3.05, 3.63) is 30.3 Å². The normalized spacial score (nSPS) is 11.7. The summed E-state index contributed by atoms with van der Waals surface area (Å²) in [5.41, 5.74) is 6.95. The minimum Gasteiger partial charge on any atom is -0.399 e. The molecule has 0 atom stereocenters. The number of hydrogen-bond donors (Lipinski definition) is 3. The fraction of sp³-hybridized carbons (Fsp3) is 0.308. The summed E-state index contributed by atoms with van der Waals surface area (Å²) < 4.78 is 0. The molecule has 0 amide bonds. The molecule has 2 rings (SSSR count). The number of pyridine rings is 1. The maximum atomic E-state index is 9.20. The number of nitrogen functional groups attached to an aromatic ring is 1. The second-order valence-corrected chi connectivity index (χ2v) is 4.82. The van der Waals surface area contributed by atoms with Gasteiger partial charge in [0, 0.05) is 11.1 Å². The third kappa shape index (κ3) is 2.65. The largest absolute Gasteiger partial charge is 0.399 e. The molecule has 1 aromatic carbocycles. The third-order valence-electron chi connectivity index (χ3n) is 2.57. The second kappa shape index (κ2) is 4.22. The van der Waals surface area contributed by atoms with Gasteiger partial charge in [0.15, 0.2) is 0 Å². The predicted octanol–water partition coefficient (Wildman–Crippen LogP) is 2.00. The van der Waals surface area contributed by atoms with Crippen molar-refractivity contribution in [2.75, 3.05) is 17.7 Å². The van der Waals surface area contributed by atoms with E-state index in [1.54, 1.807) is 0 Å². The number of aromatic nitrogens is 1. The highest BCUT2D eigenvalue weighted by molar-refractivity contribution is 5.83. The van der Waals surface area contributed by atoms with Gasteiger partial charge in [-0.2, -0.15) is 0 Å². The van der Waals surface area contributed by atoms with E-state index >= 15 is 0 Å². The average molecular weight is 231 g/mol. The van der Waals surface area contributed by atoms with Crippen LogP contribution in [0.3, 0.4) is 0 Å². The van der Waals surface area contributed by atoms with E-state index < -0.39 is 0 Å². The molecule has 1 heterocycles. The number of aliphatic hydroxyl groups is 1. The van der Waals surface area contributed by atoms with E-state index in [1.165, 1.54) is 0 Å². The molecule has 0 aliphatic carbocycles. The van der Waals surface area contributed by atoms with Crippen molar-refractivity contribution in [1.82, 2.24) is 4.98 Å². The van der Waals surface area contributed by atoms with Gasteiger partial charge in [0.2, 0.25) is 0 Å². The van der Waals surface area contributed by atoms with Crippen LogP contribution < -0.4 is 11.1 Å². The molecule has 0 saturated carbocycles. The minimum absolute atomic E-state index is 0.0501. The predicted molar refractivity (Wildman–Crippen MR) is 70.9 cm³/mol. The van der Waals surface area contributed by atoms with Gasteiger partial charge in [0.25, 0.3) is 0 Å². The number of nitrogens with one attached hydrogen (secondary N) is 1. The Morgan fingerprint density at radius 1 is 1.29 bits per heavy atom. The first-order valence-corrected chi connectivity index (χ1v) is 5.55. The second-order valence-electron chi connectivity index (χ2n) is 4.82. The van der Waals surface area contributed by atoms with Gasteiger partial charge in [0.1, 0.15) is 5.82 Å². The molecule has 2 aromatic rings. The number of fused-ring (bicyclic) bond motifs is 1. The van der Waals surface area contributed by atoms with E-state index in [9.17, 15) is 5.11 Å². The van der Waals surface area contributed by atoms with Crippen molar-refractivity contribution < 1.29 is 5.11 Å². The highest BCUT2D eigenvalue weighted by atomic mass is 16.3. The van der Waals surface area contributed by atoms with Gasteiger partial charge in [-0.15, -0.1) is 0 Å². The van der Waals surface area contributed by atoms with Crippen LogP contribution in [0.4, 0.5) is 11.5 Å². The van der Waals surface area contributed by atoms with E-state index in [4.69, 9.17) is 5.73 Å². The number of anilines is 2. The Kier molecular flexibility index (Phi) is 2.90. The summed E-state index contributed by atoms with van der Waals surface area (Å²) in [6.45, 7) is 3.89. The lowest BCUT2D eigenvalue weighted by Crippen LogP contribution is -2.35. The maximum absolute atomic E-state index is 9.20. The zero-order valence-corrected chi connectivity index (χ0v) is 10.1. The van der Waals surface area contributed by atoms with E-state index in [0.717, 1.165) is 22.4 Å². The molecule has 90 valence electrons. The van der Waals surface area contributed by atoms with Crippen molar-refractivity contribution >= 4 is 22.4 Å². The number of nitrogens with two attached hydrogens (primary N) is 1. The molecule has 0 aliphatic heterocycles.